The smallest absolute Gasteiger partial charge is 0.151 e. The number of aldehydes is 1. The van der Waals surface area contributed by atoms with Gasteiger partial charge in [0.25, 0.3) is 0 Å². The molecular formula is C11H10O2S. The first-order valence-corrected chi connectivity index (χ1v) is 5.32. The number of thiophene rings is 1. The van der Waals surface area contributed by atoms with Crippen molar-refractivity contribution in [3.63, 3.8) is 0 Å². The summed E-state index contributed by atoms with van der Waals surface area (Å²) < 4.78 is 6.49. The van der Waals surface area contributed by atoms with E-state index in [1.807, 2.05) is 30.5 Å². The van der Waals surface area contributed by atoms with Crippen LogP contribution >= 0.6 is 11.3 Å². The summed E-state index contributed by atoms with van der Waals surface area (Å²) in [6.07, 6.45) is 0.883. The van der Waals surface area contributed by atoms with Gasteiger partial charge in [0.2, 0.25) is 0 Å². The number of carbonyl (C=O) groups is 1. The second kappa shape index (κ2) is 3.80. The van der Waals surface area contributed by atoms with Crippen LogP contribution in [0.1, 0.15) is 17.3 Å². The van der Waals surface area contributed by atoms with E-state index in [0.717, 1.165) is 27.7 Å². The predicted octanol–water partition coefficient (Wildman–Crippen LogP) is 3.11. The molecule has 0 saturated heterocycles. The predicted molar refractivity (Wildman–Crippen MR) is 58.4 cm³/mol. The third kappa shape index (κ3) is 1.51. The molecule has 0 aliphatic carbocycles. The normalized spacial score (nSPS) is 10.4. The lowest BCUT2D eigenvalue weighted by Gasteiger charge is -2.02. The molecule has 1 heterocycles. The van der Waals surface area contributed by atoms with Crippen LogP contribution in [0.2, 0.25) is 0 Å². The Morgan fingerprint density at radius 1 is 1.50 bits per heavy atom. The highest BCUT2D eigenvalue weighted by molar-refractivity contribution is 7.17. The molecule has 72 valence electrons. The van der Waals surface area contributed by atoms with E-state index in [9.17, 15) is 4.79 Å². The van der Waals surface area contributed by atoms with Crippen molar-refractivity contribution in [3.8, 4) is 5.75 Å². The van der Waals surface area contributed by atoms with Crippen LogP contribution in [-0.2, 0) is 0 Å². The van der Waals surface area contributed by atoms with Gasteiger partial charge in [-0.25, -0.2) is 0 Å². The maximum Gasteiger partial charge on any atom is 0.151 e. The molecule has 0 atom stereocenters. The summed E-state index contributed by atoms with van der Waals surface area (Å²) in [6.45, 7) is 2.59. The molecule has 2 aromatic rings. The average Bonchev–Trinajstić information content (AvgIpc) is 2.60. The molecule has 0 spiro atoms. The zero-order valence-electron chi connectivity index (χ0n) is 7.82. The Kier molecular flexibility index (Phi) is 2.50. The molecule has 3 heteroatoms. The Hall–Kier alpha value is -1.35. The van der Waals surface area contributed by atoms with Gasteiger partial charge in [-0.1, -0.05) is 0 Å². The quantitative estimate of drug-likeness (QED) is 0.721. The summed E-state index contributed by atoms with van der Waals surface area (Å²) in [5, 5.41) is 2.85. The van der Waals surface area contributed by atoms with Gasteiger partial charge >= 0.3 is 0 Å². The molecule has 2 nitrogen and oxygen atoms in total. The summed E-state index contributed by atoms with van der Waals surface area (Å²) in [5.74, 6) is 0.821. The molecule has 0 fully saturated rings. The van der Waals surface area contributed by atoms with Gasteiger partial charge < -0.3 is 4.74 Å². The van der Waals surface area contributed by atoms with Crippen LogP contribution < -0.4 is 4.74 Å². The van der Waals surface area contributed by atoms with Gasteiger partial charge in [0.05, 0.1) is 6.61 Å². The Balaban J connectivity index is 2.55. The number of rotatable bonds is 3. The average molecular weight is 206 g/mol. The van der Waals surface area contributed by atoms with Crippen molar-refractivity contribution in [2.45, 2.75) is 6.92 Å². The highest BCUT2D eigenvalue weighted by Crippen LogP contribution is 2.28. The van der Waals surface area contributed by atoms with Gasteiger partial charge in [-0.3, -0.25) is 4.79 Å². The van der Waals surface area contributed by atoms with Gasteiger partial charge in [-0.05, 0) is 25.1 Å². The molecule has 1 aromatic carbocycles. The van der Waals surface area contributed by atoms with Crippen LogP contribution in [0.4, 0.5) is 0 Å². The lowest BCUT2D eigenvalue weighted by Crippen LogP contribution is -1.90. The zero-order chi connectivity index (χ0) is 9.97. The summed E-state index contributed by atoms with van der Waals surface area (Å²) in [7, 11) is 0. The van der Waals surface area contributed by atoms with Crippen molar-refractivity contribution in [2.75, 3.05) is 6.61 Å². The summed E-state index contributed by atoms with van der Waals surface area (Å²) in [5.41, 5.74) is 0.742. The van der Waals surface area contributed by atoms with E-state index in [1.54, 1.807) is 11.3 Å². The third-order valence-corrected chi connectivity index (χ3v) is 2.99. The molecule has 0 bridgehead atoms. The van der Waals surface area contributed by atoms with Gasteiger partial charge in [0.15, 0.2) is 6.29 Å². The van der Waals surface area contributed by atoms with Crippen LogP contribution in [0.25, 0.3) is 10.1 Å². The van der Waals surface area contributed by atoms with Crippen molar-refractivity contribution in [3.05, 3.63) is 29.1 Å². The van der Waals surface area contributed by atoms with Crippen LogP contribution in [-0.4, -0.2) is 12.9 Å². The van der Waals surface area contributed by atoms with E-state index in [2.05, 4.69) is 0 Å². The molecule has 0 aliphatic rings. The summed E-state index contributed by atoms with van der Waals surface area (Å²) in [4.78, 5) is 10.7. The first-order valence-electron chi connectivity index (χ1n) is 4.44. The Labute approximate surface area is 86.1 Å². The molecule has 2 rings (SSSR count). The lowest BCUT2D eigenvalue weighted by atomic mass is 10.2. The Bertz CT molecular complexity index is 459. The minimum atomic E-state index is 0.645. The van der Waals surface area contributed by atoms with Crippen molar-refractivity contribution in [1.29, 1.82) is 0 Å². The standard InChI is InChI=1S/C11H10O2S/c1-2-13-9-3-4-11-10(5-9)8(6-12)7-14-11/h3-7H,2H2,1H3. The van der Waals surface area contributed by atoms with Crippen LogP contribution in [0.3, 0.4) is 0 Å². The second-order valence-corrected chi connectivity index (χ2v) is 3.81. The van der Waals surface area contributed by atoms with Crippen LogP contribution in [0.15, 0.2) is 23.6 Å². The summed E-state index contributed by atoms with van der Waals surface area (Å²) in [6, 6.07) is 5.83. The largest absolute Gasteiger partial charge is 0.494 e. The first kappa shape index (κ1) is 9.21. The molecular weight excluding hydrogens is 196 g/mol. The minimum Gasteiger partial charge on any atom is -0.494 e. The zero-order valence-corrected chi connectivity index (χ0v) is 8.64. The second-order valence-electron chi connectivity index (χ2n) is 2.90. The Morgan fingerprint density at radius 3 is 3.07 bits per heavy atom. The van der Waals surface area contributed by atoms with E-state index in [0.29, 0.717) is 6.61 Å². The van der Waals surface area contributed by atoms with E-state index >= 15 is 0 Å². The number of benzene rings is 1. The fourth-order valence-electron chi connectivity index (χ4n) is 1.38. The topological polar surface area (TPSA) is 26.3 Å². The molecule has 0 unspecified atom stereocenters. The van der Waals surface area contributed by atoms with Crippen molar-refractivity contribution in [2.24, 2.45) is 0 Å². The summed E-state index contributed by atoms with van der Waals surface area (Å²) >= 11 is 1.58. The lowest BCUT2D eigenvalue weighted by molar-refractivity contribution is 0.112. The molecule has 0 amide bonds. The first-order chi connectivity index (χ1) is 6.85. The van der Waals surface area contributed by atoms with Gasteiger partial charge in [0, 0.05) is 21.0 Å². The van der Waals surface area contributed by atoms with E-state index in [4.69, 9.17) is 4.74 Å². The van der Waals surface area contributed by atoms with E-state index in [1.165, 1.54) is 0 Å². The molecule has 0 N–H and O–H groups in total. The molecule has 0 aliphatic heterocycles. The number of carbonyl (C=O) groups excluding carboxylic acids is 1. The molecule has 1 aromatic heterocycles. The fourth-order valence-corrected chi connectivity index (χ4v) is 2.26. The monoisotopic (exact) mass is 206 g/mol. The SMILES string of the molecule is CCOc1ccc2scc(C=O)c2c1. The molecule has 0 saturated carbocycles. The third-order valence-electron chi connectivity index (χ3n) is 2.01. The van der Waals surface area contributed by atoms with E-state index < -0.39 is 0 Å². The van der Waals surface area contributed by atoms with Crippen molar-refractivity contribution in [1.82, 2.24) is 0 Å². The number of ether oxygens (including phenoxy) is 1. The Morgan fingerprint density at radius 2 is 2.36 bits per heavy atom. The van der Waals surface area contributed by atoms with Gasteiger partial charge in [-0.2, -0.15) is 0 Å². The minimum absolute atomic E-state index is 0.645. The van der Waals surface area contributed by atoms with Crippen molar-refractivity contribution >= 4 is 27.7 Å². The highest BCUT2D eigenvalue weighted by Gasteiger charge is 2.03. The molecule has 14 heavy (non-hydrogen) atoms. The van der Waals surface area contributed by atoms with Crippen LogP contribution in [0.5, 0.6) is 5.75 Å². The number of hydrogen-bond acceptors (Lipinski definition) is 3. The number of fused-ring (bicyclic) bond motifs is 1. The van der Waals surface area contributed by atoms with E-state index in [-0.39, 0.29) is 0 Å². The maximum absolute atomic E-state index is 10.7. The fraction of sp³-hybridized carbons (Fsp3) is 0.182. The van der Waals surface area contributed by atoms with Crippen molar-refractivity contribution < 1.29 is 9.53 Å². The maximum atomic E-state index is 10.7. The number of hydrogen-bond donors (Lipinski definition) is 0. The highest BCUT2D eigenvalue weighted by atomic mass is 32.1. The molecule has 0 radical (unpaired) electrons. The van der Waals surface area contributed by atoms with Crippen LogP contribution in [0, 0.1) is 0 Å². The van der Waals surface area contributed by atoms with Gasteiger partial charge in [-0.15, -0.1) is 11.3 Å². The van der Waals surface area contributed by atoms with Gasteiger partial charge in [0.1, 0.15) is 5.75 Å².